The average molecular weight is 282 g/mol. The fraction of sp³-hybridized carbons (Fsp3) is 0. The van der Waals surface area contributed by atoms with Gasteiger partial charge in [0.15, 0.2) is 0 Å². The molecule has 0 N–H and O–H groups in total. The van der Waals surface area contributed by atoms with Crippen molar-refractivity contribution in [1.82, 2.24) is 0 Å². The van der Waals surface area contributed by atoms with Gasteiger partial charge in [0.05, 0.1) is 0 Å². The van der Waals surface area contributed by atoms with E-state index < -0.39 is 8.26 Å². The first kappa shape index (κ1) is 13.3. The minimum atomic E-state index is -3.72. The molecule has 0 amide bonds. The molecule has 13 heavy (non-hydrogen) atoms. The molecule has 0 saturated heterocycles. The maximum absolute atomic E-state index is 9.16. The highest BCUT2D eigenvalue weighted by atomic mass is 36.0. The molecular formula is C6H4Cl4O2S. The van der Waals surface area contributed by atoms with E-state index in [2.05, 4.69) is 21.4 Å². The van der Waals surface area contributed by atoms with Crippen LogP contribution in [0.2, 0.25) is 10.0 Å². The second-order valence-electron chi connectivity index (χ2n) is 1.82. The number of benzene rings is 1. The second-order valence-corrected chi connectivity index (χ2v) is 6.36. The average Bonchev–Trinajstić information content (AvgIpc) is 1.81. The van der Waals surface area contributed by atoms with Gasteiger partial charge in [0.25, 0.3) is 0 Å². The first-order chi connectivity index (χ1) is 5.79. The molecule has 0 heterocycles. The van der Waals surface area contributed by atoms with Crippen molar-refractivity contribution in [2.75, 3.05) is 0 Å². The lowest BCUT2D eigenvalue weighted by atomic mass is 10.4. The van der Waals surface area contributed by atoms with Crippen molar-refractivity contribution in [2.45, 2.75) is 0 Å². The molecular weight excluding hydrogens is 278 g/mol. The van der Waals surface area contributed by atoms with Crippen molar-refractivity contribution < 1.29 is 8.42 Å². The smallest absolute Gasteiger partial charge is 0.195 e. The van der Waals surface area contributed by atoms with Gasteiger partial charge < -0.3 is 0 Å². The minimum absolute atomic E-state index is 0.678. The zero-order valence-electron chi connectivity index (χ0n) is 6.05. The maximum atomic E-state index is 9.16. The Labute approximate surface area is 95.3 Å². The molecule has 7 heteroatoms. The molecule has 1 rings (SSSR count). The van der Waals surface area contributed by atoms with E-state index in [9.17, 15) is 0 Å². The fourth-order valence-electron chi connectivity index (χ4n) is 0.460. The molecule has 0 radical (unpaired) electrons. The molecule has 2 nitrogen and oxygen atoms in total. The Morgan fingerprint density at radius 3 is 1.46 bits per heavy atom. The lowest BCUT2D eigenvalue weighted by Crippen LogP contribution is -1.63. The van der Waals surface area contributed by atoms with Crippen LogP contribution in [0, 0.1) is 0 Å². The summed E-state index contributed by atoms with van der Waals surface area (Å²) in [6.45, 7) is 0. The summed E-state index contributed by atoms with van der Waals surface area (Å²) in [6.07, 6.45) is 0. The molecule has 0 bridgehead atoms. The molecule has 0 aliphatic heterocycles. The molecule has 0 saturated carbocycles. The van der Waals surface area contributed by atoms with Gasteiger partial charge in [-0.1, -0.05) is 29.3 Å². The monoisotopic (exact) mass is 280 g/mol. The lowest BCUT2D eigenvalue weighted by molar-refractivity contribution is 0.621. The van der Waals surface area contributed by atoms with Gasteiger partial charge in [-0.3, -0.25) is 0 Å². The first-order valence-electron chi connectivity index (χ1n) is 2.84. The van der Waals surface area contributed by atoms with Crippen LogP contribution in [0.1, 0.15) is 0 Å². The van der Waals surface area contributed by atoms with Gasteiger partial charge in [-0.25, -0.2) is 0 Å². The zero-order valence-corrected chi connectivity index (χ0v) is 9.89. The van der Waals surface area contributed by atoms with E-state index in [1.54, 1.807) is 18.2 Å². The molecule has 1 aromatic rings. The number of hydrogen-bond acceptors (Lipinski definition) is 2. The molecule has 0 aliphatic carbocycles. The van der Waals surface area contributed by atoms with E-state index in [0.29, 0.717) is 10.0 Å². The largest absolute Gasteiger partial charge is 0.317 e. The summed E-state index contributed by atoms with van der Waals surface area (Å²) in [5.41, 5.74) is 0. The molecule has 0 fully saturated rings. The lowest BCUT2D eigenvalue weighted by Gasteiger charge is -1.86. The standard InChI is InChI=1S/C6H4Cl2.Cl2O2S/c7-5-2-1-3-6(8)4-5;1-5(2,3)4/h1-4H;. The number of hydrogen-bond donors (Lipinski definition) is 0. The van der Waals surface area contributed by atoms with Gasteiger partial charge in [0.2, 0.25) is 0 Å². The van der Waals surface area contributed by atoms with E-state index in [1.807, 2.05) is 6.07 Å². The maximum Gasteiger partial charge on any atom is 0.317 e. The van der Waals surface area contributed by atoms with Crippen molar-refractivity contribution in [3.63, 3.8) is 0 Å². The van der Waals surface area contributed by atoms with Crippen LogP contribution in [-0.4, -0.2) is 8.42 Å². The van der Waals surface area contributed by atoms with Crippen LogP contribution >= 0.6 is 44.6 Å². The van der Waals surface area contributed by atoms with E-state index in [-0.39, 0.29) is 0 Å². The van der Waals surface area contributed by atoms with Crippen molar-refractivity contribution in [2.24, 2.45) is 0 Å². The normalized spacial score (nSPS) is 10.2. The fourth-order valence-corrected chi connectivity index (χ4v) is 0.896. The Hall–Kier alpha value is 0.330. The highest BCUT2D eigenvalue weighted by molar-refractivity contribution is 8.31. The Kier molecular flexibility index (Phi) is 6.09. The third-order valence-corrected chi connectivity index (χ3v) is 1.26. The Morgan fingerprint density at radius 1 is 1.00 bits per heavy atom. The summed E-state index contributed by atoms with van der Waals surface area (Å²) in [5.74, 6) is 0. The summed E-state index contributed by atoms with van der Waals surface area (Å²) in [7, 11) is 4.81. The molecule has 0 spiro atoms. The SMILES string of the molecule is Clc1cccc(Cl)c1.O=S(=O)(Cl)Cl. The Morgan fingerprint density at radius 2 is 1.31 bits per heavy atom. The van der Waals surface area contributed by atoms with E-state index in [0.717, 1.165) is 0 Å². The van der Waals surface area contributed by atoms with Gasteiger partial charge in [-0.05, 0) is 18.2 Å². The molecule has 0 aliphatic rings. The predicted molar refractivity (Wildman–Crippen MR) is 57.1 cm³/mol. The zero-order chi connectivity index (χ0) is 10.5. The summed E-state index contributed by atoms with van der Waals surface area (Å²) < 4.78 is 18.3. The van der Waals surface area contributed by atoms with Crippen LogP contribution in [0.25, 0.3) is 0 Å². The van der Waals surface area contributed by atoms with E-state index in [1.165, 1.54) is 0 Å². The molecule has 1 aromatic carbocycles. The van der Waals surface area contributed by atoms with Gasteiger partial charge in [0.1, 0.15) is 0 Å². The van der Waals surface area contributed by atoms with Crippen LogP contribution in [-0.2, 0) is 8.26 Å². The molecule has 74 valence electrons. The van der Waals surface area contributed by atoms with E-state index in [4.69, 9.17) is 31.6 Å². The quantitative estimate of drug-likeness (QED) is 0.680. The van der Waals surface area contributed by atoms with Crippen LogP contribution < -0.4 is 0 Å². The minimum Gasteiger partial charge on any atom is -0.195 e. The topological polar surface area (TPSA) is 34.1 Å². The molecule has 0 unspecified atom stereocenters. The molecule has 0 atom stereocenters. The van der Waals surface area contributed by atoms with Crippen LogP contribution in [0.3, 0.4) is 0 Å². The van der Waals surface area contributed by atoms with Crippen molar-refractivity contribution in [1.29, 1.82) is 0 Å². The second kappa shape index (κ2) is 5.94. The number of rotatable bonds is 0. The first-order valence-corrected chi connectivity index (χ1v) is 6.73. The Bertz CT molecular complexity index is 337. The Balaban J connectivity index is 0.000000252. The van der Waals surface area contributed by atoms with Crippen molar-refractivity contribution in [3.05, 3.63) is 34.3 Å². The van der Waals surface area contributed by atoms with Gasteiger partial charge in [-0.2, -0.15) is 8.42 Å². The van der Waals surface area contributed by atoms with E-state index >= 15 is 0 Å². The summed E-state index contributed by atoms with van der Waals surface area (Å²) in [4.78, 5) is 0. The number of halogens is 4. The predicted octanol–water partition coefficient (Wildman–Crippen LogP) is 3.70. The summed E-state index contributed by atoms with van der Waals surface area (Å²) >= 11 is 11.1. The highest BCUT2D eigenvalue weighted by Crippen LogP contribution is 2.13. The van der Waals surface area contributed by atoms with Crippen LogP contribution in [0.15, 0.2) is 24.3 Å². The van der Waals surface area contributed by atoms with Crippen LogP contribution in [0.5, 0.6) is 0 Å². The summed E-state index contributed by atoms with van der Waals surface area (Å²) in [6, 6.07) is 7.08. The third kappa shape index (κ3) is 12.3. The van der Waals surface area contributed by atoms with Crippen LogP contribution in [0.4, 0.5) is 0 Å². The highest BCUT2D eigenvalue weighted by Gasteiger charge is 1.88. The van der Waals surface area contributed by atoms with Crippen molar-refractivity contribution in [3.8, 4) is 0 Å². The van der Waals surface area contributed by atoms with Crippen molar-refractivity contribution >= 4 is 52.8 Å². The summed E-state index contributed by atoms with van der Waals surface area (Å²) in [5, 5.41) is 1.36. The van der Waals surface area contributed by atoms with Gasteiger partial charge in [0, 0.05) is 31.4 Å². The van der Waals surface area contributed by atoms with Gasteiger partial charge >= 0.3 is 8.26 Å². The molecule has 0 aromatic heterocycles. The third-order valence-electron chi connectivity index (χ3n) is 0.787. The van der Waals surface area contributed by atoms with Gasteiger partial charge in [-0.15, -0.1) is 0 Å².